The summed E-state index contributed by atoms with van der Waals surface area (Å²) in [5, 5.41) is 11.5. The van der Waals surface area contributed by atoms with Gasteiger partial charge in [-0.1, -0.05) is 12.1 Å². The highest BCUT2D eigenvalue weighted by Crippen LogP contribution is 2.33. The average Bonchev–Trinajstić information content (AvgIpc) is 3.17. The van der Waals surface area contributed by atoms with Crippen molar-refractivity contribution in [1.29, 1.82) is 0 Å². The summed E-state index contributed by atoms with van der Waals surface area (Å²) >= 11 is 1.59. The number of amides is 1. The van der Waals surface area contributed by atoms with Gasteiger partial charge in [0.25, 0.3) is 0 Å². The van der Waals surface area contributed by atoms with Crippen LogP contribution in [0.4, 0.5) is 0 Å². The van der Waals surface area contributed by atoms with Crippen LogP contribution >= 0.6 is 11.3 Å². The molecule has 0 spiro atoms. The molecule has 1 aliphatic rings. The molecule has 2 aromatic heterocycles. The van der Waals surface area contributed by atoms with Crippen LogP contribution in [0.5, 0.6) is 0 Å². The van der Waals surface area contributed by atoms with Crippen LogP contribution in [0, 0.1) is 5.41 Å². The number of aromatic nitrogens is 4. The first-order valence-electron chi connectivity index (χ1n) is 8.16. The molecule has 0 N–H and O–H groups in total. The van der Waals surface area contributed by atoms with Crippen LogP contribution in [0.3, 0.4) is 0 Å². The van der Waals surface area contributed by atoms with E-state index >= 15 is 0 Å². The summed E-state index contributed by atoms with van der Waals surface area (Å²) in [5.41, 5.74) is 1.85. The van der Waals surface area contributed by atoms with E-state index in [0.29, 0.717) is 6.54 Å². The molecule has 8 heteroatoms. The molecule has 0 bridgehead atoms. The summed E-state index contributed by atoms with van der Waals surface area (Å²) < 4.78 is 7.25. The first kappa shape index (κ1) is 17.0. The lowest BCUT2D eigenvalue weighted by molar-refractivity contribution is -0.127. The molecule has 0 saturated carbocycles. The van der Waals surface area contributed by atoms with E-state index in [1.165, 1.54) is 0 Å². The fourth-order valence-electron chi connectivity index (χ4n) is 2.60. The van der Waals surface area contributed by atoms with Crippen LogP contribution in [-0.4, -0.2) is 57.6 Å². The highest BCUT2D eigenvalue weighted by Gasteiger charge is 2.37. The Hall–Kier alpha value is -1.80. The number of rotatable bonds is 7. The van der Waals surface area contributed by atoms with E-state index in [1.54, 1.807) is 30.2 Å². The molecule has 2 aromatic rings. The van der Waals surface area contributed by atoms with Crippen molar-refractivity contribution < 1.29 is 9.53 Å². The molecule has 3 heterocycles. The van der Waals surface area contributed by atoms with Gasteiger partial charge >= 0.3 is 0 Å². The summed E-state index contributed by atoms with van der Waals surface area (Å²) in [7, 11) is 1.80. The van der Waals surface area contributed by atoms with Crippen molar-refractivity contribution in [2.45, 2.75) is 33.2 Å². The van der Waals surface area contributed by atoms with E-state index < -0.39 is 0 Å². The van der Waals surface area contributed by atoms with Crippen molar-refractivity contribution in [2.75, 3.05) is 26.8 Å². The molecule has 0 aromatic carbocycles. The number of carbonyl (C=O) groups is 1. The number of carbonyl (C=O) groups excluding carboxylic acids is 1. The van der Waals surface area contributed by atoms with Gasteiger partial charge in [-0.2, -0.15) is 0 Å². The van der Waals surface area contributed by atoms with Crippen LogP contribution in [0.2, 0.25) is 0 Å². The molecular formula is C16H23N5O2S. The Morgan fingerprint density at radius 2 is 2.25 bits per heavy atom. The number of likely N-dealkylation sites (N-methyl/N-ethyl adjacent to an activating group) is 1. The second kappa shape index (κ2) is 6.98. The minimum atomic E-state index is 0.0690. The lowest BCUT2D eigenvalue weighted by Gasteiger charge is -2.40. The molecule has 130 valence electrons. The molecule has 0 radical (unpaired) electrons. The maximum Gasteiger partial charge on any atom is 0.219 e. The van der Waals surface area contributed by atoms with Gasteiger partial charge in [0, 0.05) is 37.7 Å². The average molecular weight is 349 g/mol. The van der Waals surface area contributed by atoms with E-state index in [1.807, 2.05) is 16.3 Å². The molecule has 1 aliphatic heterocycles. The summed E-state index contributed by atoms with van der Waals surface area (Å²) in [6.45, 7) is 6.85. The van der Waals surface area contributed by atoms with Crippen molar-refractivity contribution in [3.63, 3.8) is 0 Å². The van der Waals surface area contributed by atoms with Crippen molar-refractivity contribution in [3.8, 4) is 11.4 Å². The molecule has 0 aliphatic carbocycles. The van der Waals surface area contributed by atoms with Crippen molar-refractivity contribution in [2.24, 2.45) is 5.41 Å². The molecule has 1 amide bonds. The van der Waals surface area contributed by atoms with Crippen LogP contribution in [0.1, 0.15) is 25.3 Å². The van der Waals surface area contributed by atoms with Gasteiger partial charge < -0.3 is 9.64 Å². The third kappa shape index (κ3) is 3.64. The Balaban J connectivity index is 1.62. The predicted molar refractivity (Wildman–Crippen MR) is 91.7 cm³/mol. The Morgan fingerprint density at radius 1 is 1.46 bits per heavy atom. The van der Waals surface area contributed by atoms with Crippen LogP contribution in [-0.2, 0) is 22.5 Å². The maximum absolute atomic E-state index is 11.2. The van der Waals surface area contributed by atoms with Crippen LogP contribution in [0.15, 0.2) is 11.6 Å². The number of hydrogen-bond donors (Lipinski definition) is 0. The SMILES string of the molecule is CCC1(Cn2cc(-c3csc(CCN(C)C(C)=O)n3)nn2)COC1. The zero-order chi connectivity index (χ0) is 17.2. The van der Waals surface area contributed by atoms with Gasteiger partial charge in [-0.3, -0.25) is 9.48 Å². The van der Waals surface area contributed by atoms with Crippen molar-refractivity contribution in [3.05, 3.63) is 16.6 Å². The summed E-state index contributed by atoms with van der Waals surface area (Å²) in [6.07, 6.45) is 3.79. The van der Waals surface area contributed by atoms with Crippen molar-refractivity contribution in [1.82, 2.24) is 24.9 Å². The lowest BCUT2D eigenvalue weighted by Crippen LogP contribution is -2.45. The smallest absolute Gasteiger partial charge is 0.219 e. The normalized spacial score (nSPS) is 16.0. The molecule has 0 unspecified atom stereocenters. The zero-order valence-corrected chi connectivity index (χ0v) is 15.2. The van der Waals surface area contributed by atoms with Crippen LogP contribution < -0.4 is 0 Å². The quantitative estimate of drug-likeness (QED) is 0.763. The van der Waals surface area contributed by atoms with Gasteiger partial charge in [-0.25, -0.2) is 4.98 Å². The summed E-state index contributed by atoms with van der Waals surface area (Å²) in [5.74, 6) is 0.0690. The molecule has 24 heavy (non-hydrogen) atoms. The summed E-state index contributed by atoms with van der Waals surface area (Å²) in [6, 6.07) is 0. The van der Waals surface area contributed by atoms with E-state index in [0.717, 1.165) is 49.0 Å². The minimum absolute atomic E-state index is 0.0690. The second-order valence-corrected chi connectivity index (χ2v) is 7.41. The molecule has 7 nitrogen and oxygen atoms in total. The molecule has 0 atom stereocenters. The lowest BCUT2D eigenvalue weighted by atomic mass is 9.83. The monoisotopic (exact) mass is 349 g/mol. The number of nitrogens with zero attached hydrogens (tertiary/aromatic N) is 5. The van der Waals surface area contributed by atoms with Crippen LogP contribution in [0.25, 0.3) is 11.4 Å². The molecular weight excluding hydrogens is 326 g/mol. The third-order valence-electron chi connectivity index (χ3n) is 4.62. The largest absolute Gasteiger partial charge is 0.380 e. The van der Waals surface area contributed by atoms with E-state index in [-0.39, 0.29) is 11.3 Å². The summed E-state index contributed by atoms with van der Waals surface area (Å²) in [4.78, 5) is 17.6. The first-order chi connectivity index (χ1) is 11.5. The Kier molecular flexibility index (Phi) is 4.96. The Morgan fingerprint density at radius 3 is 2.88 bits per heavy atom. The zero-order valence-electron chi connectivity index (χ0n) is 14.4. The van der Waals surface area contributed by atoms with E-state index in [4.69, 9.17) is 4.74 Å². The number of thiazole rings is 1. The van der Waals surface area contributed by atoms with Crippen molar-refractivity contribution >= 4 is 17.2 Å². The molecule has 1 fully saturated rings. The van der Waals surface area contributed by atoms with Gasteiger partial charge in [0.15, 0.2) is 0 Å². The fraction of sp³-hybridized carbons (Fsp3) is 0.625. The minimum Gasteiger partial charge on any atom is -0.380 e. The Labute approximate surface area is 145 Å². The van der Waals surface area contributed by atoms with Gasteiger partial charge in [0.1, 0.15) is 11.4 Å². The maximum atomic E-state index is 11.2. The van der Waals surface area contributed by atoms with E-state index in [9.17, 15) is 4.79 Å². The predicted octanol–water partition coefficient (Wildman–Crippen LogP) is 1.85. The first-order valence-corrected chi connectivity index (χ1v) is 9.04. The third-order valence-corrected chi connectivity index (χ3v) is 5.52. The van der Waals surface area contributed by atoms with Gasteiger partial charge in [0.05, 0.1) is 31.0 Å². The number of ether oxygens (including phenoxy) is 1. The standard InChI is InChI=1S/C16H23N5O2S/c1-4-16(10-23-11-16)9-21-7-13(18-19-21)14-8-24-15(17-14)5-6-20(3)12(2)22/h7-8H,4-6,9-11H2,1-3H3. The number of hydrogen-bond acceptors (Lipinski definition) is 6. The molecule has 3 rings (SSSR count). The van der Waals surface area contributed by atoms with E-state index in [2.05, 4.69) is 22.2 Å². The topological polar surface area (TPSA) is 73.1 Å². The van der Waals surface area contributed by atoms with Gasteiger partial charge in [-0.05, 0) is 6.42 Å². The van der Waals surface area contributed by atoms with Gasteiger partial charge in [0.2, 0.25) is 5.91 Å². The highest BCUT2D eigenvalue weighted by atomic mass is 32.1. The molecule has 1 saturated heterocycles. The Bertz CT molecular complexity index is 701. The fourth-order valence-corrected chi connectivity index (χ4v) is 3.38. The van der Waals surface area contributed by atoms with Gasteiger partial charge in [-0.15, -0.1) is 16.4 Å². The second-order valence-electron chi connectivity index (χ2n) is 6.46. The highest BCUT2D eigenvalue weighted by molar-refractivity contribution is 7.09.